The van der Waals surface area contributed by atoms with Gasteiger partial charge in [0.05, 0.1) is 7.11 Å². The average Bonchev–Trinajstić information content (AvgIpc) is 3.28. The van der Waals surface area contributed by atoms with Crippen molar-refractivity contribution in [2.24, 2.45) is 0 Å². The molecule has 2 fully saturated rings. The third-order valence-corrected chi connectivity index (χ3v) is 5.25. The molecule has 2 heterocycles. The predicted octanol–water partition coefficient (Wildman–Crippen LogP) is 0.680. The highest BCUT2D eigenvalue weighted by Crippen LogP contribution is 2.38. The van der Waals surface area contributed by atoms with E-state index in [1.54, 1.807) is 38.1 Å². The van der Waals surface area contributed by atoms with Gasteiger partial charge in [-0.05, 0) is 25.8 Å². The summed E-state index contributed by atoms with van der Waals surface area (Å²) in [6.07, 6.45) is -5.20. The molecule has 2 amide bonds. The maximum atomic E-state index is 12.5. The topological polar surface area (TPSA) is 159 Å². The molecule has 3 rings (SSSR count). The van der Waals surface area contributed by atoms with Gasteiger partial charge in [-0.15, -0.1) is 0 Å². The minimum Gasteiger partial charge on any atom is -0.479 e. The number of fused-ring (bicyclic) bond motifs is 1. The van der Waals surface area contributed by atoms with Crippen LogP contribution in [0.5, 0.6) is 0 Å². The molecule has 0 bridgehead atoms. The van der Waals surface area contributed by atoms with Gasteiger partial charge in [0.25, 0.3) is 0 Å². The van der Waals surface area contributed by atoms with E-state index in [0.717, 1.165) is 12.7 Å². The van der Waals surface area contributed by atoms with Gasteiger partial charge in [-0.1, -0.05) is 30.3 Å². The number of amides is 2. The van der Waals surface area contributed by atoms with Crippen LogP contribution in [0.15, 0.2) is 30.3 Å². The Labute approximate surface area is 195 Å². The zero-order chi connectivity index (χ0) is 24.9. The number of methoxy groups -OCH3 is 1. The van der Waals surface area contributed by atoms with Crippen LogP contribution in [-0.2, 0) is 44.7 Å². The molecule has 0 aliphatic carbocycles. The minimum atomic E-state index is -1.30. The van der Waals surface area contributed by atoms with Crippen molar-refractivity contribution in [1.82, 2.24) is 10.6 Å². The Morgan fingerprint density at radius 3 is 2.44 bits per heavy atom. The van der Waals surface area contributed by atoms with E-state index >= 15 is 0 Å². The predicted molar refractivity (Wildman–Crippen MR) is 113 cm³/mol. The van der Waals surface area contributed by atoms with Crippen LogP contribution in [-0.4, -0.2) is 72.5 Å². The lowest BCUT2D eigenvalue weighted by Crippen LogP contribution is -2.45. The number of nitrogens with one attached hydrogen (secondary N) is 2. The Morgan fingerprint density at radius 2 is 1.79 bits per heavy atom. The number of carboxylic acid groups (broad SMARTS) is 1. The van der Waals surface area contributed by atoms with Gasteiger partial charge in [-0.3, -0.25) is 4.79 Å². The van der Waals surface area contributed by atoms with Gasteiger partial charge in [-0.2, -0.15) is 0 Å². The number of carbonyl (C=O) groups is 4. The summed E-state index contributed by atoms with van der Waals surface area (Å²) in [5.74, 6) is -3.56. The maximum absolute atomic E-state index is 12.5. The first-order valence-corrected chi connectivity index (χ1v) is 10.7. The lowest BCUT2D eigenvalue weighted by atomic mass is 10.1. The zero-order valence-corrected chi connectivity index (χ0v) is 19.0. The molecule has 12 nitrogen and oxygen atoms in total. The summed E-state index contributed by atoms with van der Waals surface area (Å²) in [4.78, 5) is 48.2. The fraction of sp³-hybridized carbons (Fsp3) is 0.545. The SMILES string of the molecule is COC(=O)[C@H](CCC(=O)NC1O[C@H](C(=O)O)[C@H]2OC(C)(C)O[C@@H]12)NC(=O)OCc1ccccc1. The van der Waals surface area contributed by atoms with Crippen LogP contribution < -0.4 is 10.6 Å². The Kier molecular flexibility index (Phi) is 8.07. The molecule has 2 aliphatic heterocycles. The second-order valence-electron chi connectivity index (χ2n) is 8.27. The van der Waals surface area contributed by atoms with Crippen molar-refractivity contribution in [3.05, 3.63) is 35.9 Å². The number of hydrogen-bond donors (Lipinski definition) is 3. The smallest absolute Gasteiger partial charge is 0.408 e. The van der Waals surface area contributed by atoms with E-state index < -0.39 is 60.3 Å². The highest BCUT2D eigenvalue weighted by atomic mass is 16.8. The molecule has 0 saturated carbocycles. The molecule has 3 N–H and O–H groups in total. The van der Waals surface area contributed by atoms with Gasteiger partial charge in [-0.25, -0.2) is 14.4 Å². The van der Waals surface area contributed by atoms with E-state index in [-0.39, 0.29) is 19.4 Å². The molecule has 186 valence electrons. The molecule has 12 heteroatoms. The number of rotatable bonds is 9. The van der Waals surface area contributed by atoms with Crippen molar-refractivity contribution >= 4 is 23.9 Å². The van der Waals surface area contributed by atoms with Crippen molar-refractivity contribution in [1.29, 1.82) is 0 Å². The molecular weight excluding hydrogens is 452 g/mol. The zero-order valence-electron chi connectivity index (χ0n) is 19.0. The summed E-state index contributed by atoms with van der Waals surface area (Å²) in [5, 5.41) is 14.3. The largest absolute Gasteiger partial charge is 0.479 e. The molecule has 1 aromatic carbocycles. The quantitative estimate of drug-likeness (QED) is 0.429. The molecule has 2 aliphatic rings. The normalized spacial score (nSPS) is 25.6. The molecule has 0 aromatic heterocycles. The minimum absolute atomic E-state index is 0.00574. The van der Waals surface area contributed by atoms with E-state index in [1.807, 2.05) is 6.07 Å². The third kappa shape index (κ3) is 6.43. The summed E-state index contributed by atoms with van der Waals surface area (Å²) in [6, 6.07) is 7.84. The van der Waals surface area contributed by atoms with Crippen LogP contribution in [0.2, 0.25) is 0 Å². The first kappa shape index (κ1) is 25.4. The summed E-state index contributed by atoms with van der Waals surface area (Å²) in [6.45, 7) is 3.27. The van der Waals surface area contributed by atoms with Crippen LogP contribution in [0, 0.1) is 0 Å². The number of ether oxygens (including phenoxy) is 5. The highest BCUT2D eigenvalue weighted by molar-refractivity contribution is 5.83. The maximum Gasteiger partial charge on any atom is 0.408 e. The van der Waals surface area contributed by atoms with Gasteiger partial charge in [0.2, 0.25) is 5.91 Å². The summed E-state index contributed by atoms with van der Waals surface area (Å²) in [7, 11) is 1.16. The Balaban J connectivity index is 1.52. The van der Waals surface area contributed by atoms with Crippen LogP contribution in [0.25, 0.3) is 0 Å². The number of carbonyl (C=O) groups excluding carboxylic acids is 3. The molecule has 34 heavy (non-hydrogen) atoms. The second-order valence-corrected chi connectivity index (χ2v) is 8.27. The van der Waals surface area contributed by atoms with Crippen molar-refractivity contribution in [3.63, 3.8) is 0 Å². The van der Waals surface area contributed by atoms with E-state index in [9.17, 15) is 24.3 Å². The van der Waals surface area contributed by atoms with E-state index in [0.29, 0.717) is 0 Å². The van der Waals surface area contributed by atoms with Gasteiger partial charge >= 0.3 is 18.0 Å². The number of benzene rings is 1. The fourth-order valence-electron chi connectivity index (χ4n) is 3.72. The Hall–Kier alpha value is -3.22. The van der Waals surface area contributed by atoms with Gasteiger partial charge in [0.1, 0.15) is 24.9 Å². The van der Waals surface area contributed by atoms with E-state index in [1.165, 1.54) is 0 Å². The van der Waals surface area contributed by atoms with Crippen molar-refractivity contribution in [2.75, 3.05) is 7.11 Å². The molecule has 1 unspecified atom stereocenters. The van der Waals surface area contributed by atoms with Crippen LogP contribution in [0.4, 0.5) is 4.79 Å². The van der Waals surface area contributed by atoms with Crippen molar-refractivity contribution < 1.29 is 48.0 Å². The van der Waals surface area contributed by atoms with Crippen LogP contribution >= 0.6 is 0 Å². The molecular formula is C22H28N2O10. The fourth-order valence-corrected chi connectivity index (χ4v) is 3.72. The van der Waals surface area contributed by atoms with Crippen molar-refractivity contribution in [3.8, 4) is 0 Å². The van der Waals surface area contributed by atoms with Crippen LogP contribution in [0.1, 0.15) is 32.3 Å². The van der Waals surface area contributed by atoms with Crippen molar-refractivity contribution in [2.45, 2.75) is 69.7 Å². The molecule has 0 spiro atoms. The van der Waals surface area contributed by atoms with E-state index in [4.69, 9.17) is 23.7 Å². The number of esters is 1. The lowest BCUT2D eigenvalue weighted by Gasteiger charge is -2.23. The first-order valence-electron chi connectivity index (χ1n) is 10.7. The number of hydrogen-bond acceptors (Lipinski definition) is 9. The monoisotopic (exact) mass is 480 g/mol. The molecule has 0 radical (unpaired) electrons. The third-order valence-electron chi connectivity index (χ3n) is 5.25. The number of aliphatic carboxylic acids is 1. The van der Waals surface area contributed by atoms with Gasteiger partial charge in [0, 0.05) is 6.42 Å². The average molecular weight is 480 g/mol. The molecule has 5 atom stereocenters. The van der Waals surface area contributed by atoms with Crippen LogP contribution in [0.3, 0.4) is 0 Å². The van der Waals surface area contributed by atoms with Gasteiger partial charge < -0.3 is 39.4 Å². The van der Waals surface area contributed by atoms with Gasteiger partial charge in [0.15, 0.2) is 18.1 Å². The standard InChI is InChI=1S/C22H28N2O10/c1-22(2)33-15-16(34-22)18(32-17(15)19(26)27)24-14(25)10-9-13(20(28)30-3)23-21(29)31-11-12-7-5-4-6-8-12/h4-8,13,15-18H,9-11H2,1-3H3,(H,23,29)(H,24,25)(H,26,27)/t13-,15-,16+,17-,18?/m0/s1. The Bertz CT molecular complexity index is 906. The summed E-state index contributed by atoms with van der Waals surface area (Å²) >= 11 is 0. The number of alkyl carbamates (subject to hydrolysis) is 1. The summed E-state index contributed by atoms with van der Waals surface area (Å²) in [5.41, 5.74) is 0.766. The lowest BCUT2D eigenvalue weighted by molar-refractivity contribution is -0.197. The highest BCUT2D eigenvalue weighted by Gasteiger charge is 2.58. The first-order chi connectivity index (χ1) is 16.1. The molecule has 1 aromatic rings. The second kappa shape index (κ2) is 10.8. The number of carboxylic acids is 1. The molecule has 2 saturated heterocycles. The Morgan fingerprint density at radius 1 is 1.12 bits per heavy atom. The summed E-state index contributed by atoms with van der Waals surface area (Å²) < 4.78 is 26.5. The van der Waals surface area contributed by atoms with E-state index in [2.05, 4.69) is 10.6 Å².